The monoisotopic (exact) mass is 659 g/mol. The van der Waals surface area contributed by atoms with Gasteiger partial charge in [0.2, 0.25) is 5.82 Å². The van der Waals surface area contributed by atoms with Crippen molar-refractivity contribution in [3.63, 3.8) is 0 Å². The predicted octanol–water partition coefficient (Wildman–Crippen LogP) is 3.88. The molecule has 0 fully saturated rings. The normalized spacial score (nSPS) is 18.0. The zero-order chi connectivity index (χ0) is 34.2. The number of nitrogens with zero attached hydrogens (tertiary/aromatic N) is 7. The lowest BCUT2D eigenvalue weighted by Crippen LogP contribution is -2.56. The molecule has 0 aliphatic carbocycles. The van der Waals surface area contributed by atoms with Crippen molar-refractivity contribution in [1.29, 1.82) is 0 Å². The van der Waals surface area contributed by atoms with Crippen LogP contribution in [0, 0.1) is 6.92 Å². The van der Waals surface area contributed by atoms with Crippen LogP contribution in [-0.2, 0) is 15.8 Å². The molecule has 0 radical (unpaired) electrons. The quantitative estimate of drug-likeness (QED) is 0.291. The fourth-order valence-electron chi connectivity index (χ4n) is 5.99. The molecular weight excluding hydrogens is 627 g/mol. The fourth-order valence-corrected chi connectivity index (χ4v) is 5.99. The number of anilines is 2. The lowest BCUT2D eigenvalue weighted by molar-refractivity contribution is -0.141. The van der Waals surface area contributed by atoms with E-state index in [9.17, 15) is 27.6 Å². The number of aromatic nitrogens is 5. The summed E-state index contributed by atoms with van der Waals surface area (Å²) in [5, 5.41) is 10.2. The predicted molar refractivity (Wildman–Crippen MR) is 170 cm³/mol. The molecule has 0 bridgehead atoms. The highest BCUT2D eigenvalue weighted by Gasteiger charge is 2.46. The fraction of sp³-hybridized carbons (Fsp3) is 0.303. The van der Waals surface area contributed by atoms with Gasteiger partial charge in [0.15, 0.2) is 0 Å². The molecule has 0 unspecified atom stereocenters. The van der Waals surface area contributed by atoms with Gasteiger partial charge >= 0.3 is 6.18 Å². The Hall–Kier alpha value is -5.44. The highest BCUT2D eigenvalue weighted by molar-refractivity contribution is 6.05. The number of carbonyl (C=O) groups excluding carboxylic acids is 3. The standard InChI is InChI=1S/C33H32F3N9O3/c1-4-43-17-15-20(18-43)29(46)40-24-13-9-12-22(38-24)26-25-19(3)42-45(21-10-7-6-8-11-21)31(25)44(5-2)32(48)27(26)41-30(47)28-37-16-14-23(39-28)33(34,35)36/h6-16,26-27H,4-5,17-18H2,1-3H3,(H,41,47)(H,38,40,46)/t26-,27+/m1/s1. The first-order chi connectivity index (χ1) is 23.0. The lowest BCUT2D eigenvalue weighted by atomic mass is 9.83. The SMILES string of the molecule is CCN1CC=C(C(=O)Nc2cccc([C@@H]3c4c(C)nn(-c5ccccc5)c4N(CC)C(=O)[C@H]3NC(=O)c3nccc(C(F)(F)F)n3)n2)C1. The Morgan fingerprint density at radius 1 is 0.979 bits per heavy atom. The molecule has 2 atom stereocenters. The van der Waals surface area contributed by atoms with Crippen LogP contribution in [0.5, 0.6) is 0 Å². The van der Waals surface area contributed by atoms with E-state index in [1.165, 1.54) is 4.90 Å². The van der Waals surface area contributed by atoms with Crippen molar-refractivity contribution in [2.24, 2.45) is 0 Å². The van der Waals surface area contributed by atoms with E-state index >= 15 is 0 Å². The number of rotatable bonds is 8. The Bertz CT molecular complexity index is 1910. The number of hydrogen-bond donors (Lipinski definition) is 2. The molecule has 12 nitrogen and oxygen atoms in total. The number of benzene rings is 1. The maximum Gasteiger partial charge on any atom is 0.433 e. The Morgan fingerprint density at radius 3 is 2.44 bits per heavy atom. The van der Waals surface area contributed by atoms with Gasteiger partial charge in [-0.25, -0.2) is 19.6 Å². The van der Waals surface area contributed by atoms with Crippen LogP contribution in [0.2, 0.25) is 0 Å². The Morgan fingerprint density at radius 2 is 1.75 bits per heavy atom. The van der Waals surface area contributed by atoms with E-state index in [0.717, 1.165) is 12.7 Å². The Labute approximate surface area is 273 Å². The Balaban J connectivity index is 1.44. The summed E-state index contributed by atoms with van der Waals surface area (Å²) < 4.78 is 41.9. The van der Waals surface area contributed by atoms with Crippen LogP contribution in [0.4, 0.5) is 24.8 Å². The zero-order valence-electron chi connectivity index (χ0n) is 26.3. The summed E-state index contributed by atoms with van der Waals surface area (Å²) in [6, 6.07) is 13.5. The minimum Gasteiger partial charge on any atom is -0.336 e. The third-order valence-corrected chi connectivity index (χ3v) is 8.33. The van der Waals surface area contributed by atoms with Crippen LogP contribution in [0.3, 0.4) is 0 Å². The summed E-state index contributed by atoms with van der Waals surface area (Å²) in [6.07, 6.45) is -2.12. The number of pyridine rings is 1. The second-order valence-electron chi connectivity index (χ2n) is 11.3. The number of aryl methyl sites for hydroxylation is 1. The molecule has 1 aromatic carbocycles. The van der Waals surface area contributed by atoms with Gasteiger partial charge in [-0.1, -0.05) is 37.3 Å². The number of halogens is 3. The van der Waals surface area contributed by atoms with E-state index in [1.807, 2.05) is 43.3 Å². The van der Waals surface area contributed by atoms with Crippen molar-refractivity contribution < 1.29 is 27.6 Å². The maximum absolute atomic E-state index is 14.3. The molecule has 0 spiro atoms. The van der Waals surface area contributed by atoms with Gasteiger partial charge in [0.05, 0.1) is 23.0 Å². The first kappa shape index (κ1) is 32.5. The highest BCUT2D eigenvalue weighted by Crippen LogP contribution is 2.43. The van der Waals surface area contributed by atoms with E-state index in [1.54, 1.807) is 36.7 Å². The third kappa shape index (κ3) is 6.15. The number of fused-ring (bicyclic) bond motifs is 1. The van der Waals surface area contributed by atoms with E-state index in [0.29, 0.717) is 53.2 Å². The van der Waals surface area contributed by atoms with Gasteiger partial charge in [-0.3, -0.25) is 24.2 Å². The molecule has 0 saturated heterocycles. The van der Waals surface area contributed by atoms with Gasteiger partial charge in [-0.05, 0) is 50.7 Å². The summed E-state index contributed by atoms with van der Waals surface area (Å²) in [4.78, 5) is 56.3. The average Bonchev–Trinajstić information content (AvgIpc) is 3.70. The summed E-state index contributed by atoms with van der Waals surface area (Å²) in [5.74, 6) is -2.95. The number of alkyl halides is 3. The number of nitrogens with one attached hydrogen (secondary N) is 2. The first-order valence-electron chi connectivity index (χ1n) is 15.4. The molecule has 248 valence electrons. The molecule has 0 saturated carbocycles. The van der Waals surface area contributed by atoms with Crippen molar-refractivity contribution in [3.05, 3.63) is 101 Å². The van der Waals surface area contributed by atoms with Gasteiger partial charge in [-0.15, -0.1) is 0 Å². The van der Waals surface area contributed by atoms with Crippen molar-refractivity contribution in [2.45, 2.75) is 38.9 Å². The van der Waals surface area contributed by atoms with Gasteiger partial charge in [0.25, 0.3) is 17.7 Å². The van der Waals surface area contributed by atoms with E-state index in [-0.39, 0.29) is 18.3 Å². The van der Waals surface area contributed by atoms with Crippen molar-refractivity contribution in [1.82, 2.24) is 34.9 Å². The molecule has 4 aromatic rings. The number of likely N-dealkylation sites (N-methyl/N-ethyl adjacent to an activating group) is 2. The van der Waals surface area contributed by atoms with Crippen molar-refractivity contribution in [2.75, 3.05) is 36.4 Å². The number of hydrogen-bond acceptors (Lipinski definition) is 8. The summed E-state index contributed by atoms with van der Waals surface area (Å²) in [5.41, 5.74) is 1.42. The molecule has 3 amide bonds. The summed E-state index contributed by atoms with van der Waals surface area (Å²) in [6.45, 7) is 7.68. The molecule has 2 aliphatic heterocycles. The van der Waals surface area contributed by atoms with Crippen molar-refractivity contribution in [3.8, 4) is 5.69 Å². The van der Waals surface area contributed by atoms with Crippen molar-refractivity contribution >= 4 is 29.4 Å². The van der Waals surface area contributed by atoms with Gasteiger partial charge in [0, 0.05) is 37.0 Å². The molecule has 2 N–H and O–H groups in total. The molecule has 15 heteroatoms. The first-order valence-corrected chi connectivity index (χ1v) is 15.4. The van der Waals surface area contributed by atoms with Crippen LogP contribution < -0.4 is 15.5 Å². The van der Waals surface area contributed by atoms with Crippen LogP contribution in [0.25, 0.3) is 5.69 Å². The smallest absolute Gasteiger partial charge is 0.336 e. The molecule has 6 rings (SSSR count). The second kappa shape index (κ2) is 13.0. The number of amides is 3. The minimum absolute atomic E-state index is 0.191. The van der Waals surface area contributed by atoms with Gasteiger partial charge in [0.1, 0.15) is 23.4 Å². The van der Waals surface area contributed by atoms with Crippen LogP contribution in [-0.4, -0.2) is 79.6 Å². The number of carbonyl (C=O) groups is 3. The topological polar surface area (TPSA) is 138 Å². The highest BCUT2D eigenvalue weighted by atomic mass is 19.4. The summed E-state index contributed by atoms with van der Waals surface area (Å²) >= 11 is 0. The van der Waals surface area contributed by atoms with Crippen LogP contribution in [0.15, 0.2) is 72.4 Å². The van der Waals surface area contributed by atoms with Crippen LogP contribution >= 0.6 is 0 Å². The number of para-hydroxylation sites is 1. The molecular formula is C33H32F3N9O3. The van der Waals surface area contributed by atoms with Gasteiger partial charge in [-0.2, -0.15) is 18.3 Å². The summed E-state index contributed by atoms with van der Waals surface area (Å²) in [7, 11) is 0. The molecule has 3 aromatic heterocycles. The third-order valence-electron chi connectivity index (χ3n) is 8.33. The molecule has 48 heavy (non-hydrogen) atoms. The lowest BCUT2D eigenvalue weighted by Gasteiger charge is -2.38. The second-order valence-corrected chi connectivity index (χ2v) is 11.3. The Kier molecular flexibility index (Phi) is 8.79. The van der Waals surface area contributed by atoms with E-state index in [2.05, 4.69) is 25.5 Å². The molecule has 2 aliphatic rings. The van der Waals surface area contributed by atoms with E-state index < -0.39 is 41.5 Å². The zero-order valence-corrected chi connectivity index (χ0v) is 26.3. The maximum atomic E-state index is 14.3. The largest absolute Gasteiger partial charge is 0.433 e. The minimum atomic E-state index is -4.81. The average molecular weight is 660 g/mol. The molecule has 5 heterocycles. The van der Waals surface area contributed by atoms with Crippen LogP contribution in [0.1, 0.15) is 53.0 Å². The van der Waals surface area contributed by atoms with E-state index in [4.69, 9.17) is 10.1 Å². The van der Waals surface area contributed by atoms with Gasteiger partial charge < -0.3 is 10.6 Å².